The number of carbonyl (C=O) groups is 9. The molecule has 21 N–H and O–H groups in total. The minimum Gasteiger partial charge on any atom is -0.391 e. The number of hydrogen-bond donors (Lipinski definition) is 16. The fourth-order valence-corrected chi connectivity index (χ4v) is 7.00. The van der Waals surface area contributed by atoms with E-state index in [9.17, 15) is 53.4 Å². The lowest BCUT2D eigenvalue weighted by Crippen LogP contribution is -2.61. The van der Waals surface area contributed by atoms with Crippen LogP contribution in [0.4, 0.5) is 0 Å². The third-order valence-corrected chi connectivity index (χ3v) is 10.9. The average Bonchev–Trinajstić information content (AvgIpc) is 3.28. The highest BCUT2D eigenvalue weighted by Crippen LogP contribution is 2.11. The fourth-order valence-electron chi connectivity index (χ4n) is 7.00. The van der Waals surface area contributed by atoms with Crippen LogP contribution < -0.4 is 76.5 Å². The van der Waals surface area contributed by atoms with E-state index in [0.29, 0.717) is 5.56 Å². The summed E-state index contributed by atoms with van der Waals surface area (Å²) in [6.07, 6.45) is -3.78. The van der Waals surface area contributed by atoms with Crippen molar-refractivity contribution in [3.63, 3.8) is 0 Å². The number of benzene rings is 1. The Kier molecular flexibility index (Phi) is 25.6. The first kappa shape index (κ1) is 58.3. The van der Waals surface area contributed by atoms with E-state index in [2.05, 4.69) is 47.9 Å². The third-order valence-electron chi connectivity index (χ3n) is 10.9. The molecule has 1 saturated heterocycles. The zero-order chi connectivity index (χ0) is 51.1. The fraction of sp³-hybridized carbons (Fsp3) is 0.651. The predicted octanol–water partition coefficient (Wildman–Crippen LogP) is -6.84. The van der Waals surface area contributed by atoms with E-state index >= 15 is 0 Å². The van der Waals surface area contributed by atoms with Crippen LogP contribution in [0.25, 0.3) is 0 Å². The van der Waals surface area contributed by atoms with Crippen molar-refractivity contribution in [3.8, 4) is 0 Å². The molecular weight excluding hydrogens is 889 g/mol. The number of nitrogens with two attached hydrogens (primary N) is 5. The highest BCUT2D eigenvalue weighted by atomic mass is 16.3. The van der Waals surface area contributed by atoms with Crippen molar-refractivity contribution < 1.29 is 53.4 Å². The molecule has 25 nitrogen and oxygen atoms in total. The maximum Gasteiger partial charge on any atom is 0.245 e. The second kappa shape index (κ2) is 29.8. The van der Waals surface area contributed by atoms with Crippen LogP contribution in [0.15, 0.2) is 30.3 Å². The average molecular weight is 963 g/mol. The molecule has 9 amide bonds. The van der Waals surface area contributed by atoms with Crippen molar-refractivity contribution in [2.24, 2.45) is 34.6 Å². The number of aliphatic hydroxyl groups is 2. The number of hydrogen-bond acceptors (Lipinski definition) is 16. The first-order valence-electron chi connectivity index (χ1n) is 22.8. The van der Waals surface area contributed by atoms with E-state index in [-0.39, 0.29) is 77.0 Å². The molecule has 0 aliphatic carbocycles. The molecule has 1 aromatic carbocycles. The predicted molar refractivity (Wildman–Crippen MR) is 249 cm³/mol. The standard InChI is InChI=1S/C43H74N14O11/c1-22(2)20-31-40(65)52-26(10-15-44)35(60)51-29(13-18-47)39(64)57-34(24(4)59)43(68)49-19-14-30(53-36(61)28(12-17-46)54-42(67)33(48)23(3)58)38(63)50-27(11-16-45)37(62)56-32(41(66)55-31)21-25-8-6-5-7-9-25/h5-9,22-24,26-34,58-59H,10-21,44-48H2,1-4H3,(H,49,68)(H,50,63)(H,51,60)(H,52,65)(H,53,61)(H,54,67)(H,55,66)(H,56,62)(H,57,64)/t23-,24-,26?,27+,28+,29+,30?,31?,32?,33+,34+/m1/s1. The number of carbonyl (C=O) groups excluding carboxylic acids is 9. The lowest BCUT2D eigenvalue weighted by molar-refractivity contribution is -0.136. The van der Waals surface area contributed by atoms with Gasteiger partial charge in [-0.05, 0) is 90.0 Å². The van der Waals surface area contributed by atoms with Crippen LogP contribution in [0.5, 0.6) is 0 Å². The number of nitrogens with one attached hydrogen (secondary N) is 9. The Labute approximate surface area is 396 Å². The second-order valence-electron chi connectivity index (χ2n) is 17.1. The van der Waals surface area contributed by atoms with E-state index in [1.165, 1.54) is 13.8 Å². The van der Waals surface area contributed by atoms with E-state index in [1.54, 1.807) is 44.2 Å². The Morgan fingerprint density at radius 2 is 1.10 bits per heavy atom. The largest absolute Gasteiger partial charge is 0.391 e. The molecule has 1 aliphatic rings. The zero-order valence-electron chi connectivity index (χ0n) is 39.3. The summed E-state index contributed by atoms with van der Waals surface area (Å²) in [5.74, 6) is -8.14. The van der Waals surface area contributed by atoms with Gasteiger partial charge in [0.2, 0.25) is 53.2 Å². The van der Waals surface area contributed by atoms with Crippen molar-refractivity contribution in [1.82, 2.24) is 47.9 Å². The van der Waals surface area contributed by atoms with Crippen LogP contribution in [0.1, 0.15) is 71.8 Å². The van der Waals surface area contributed by atoms with Crippen LogP contribution in [0.2, 0.25) is 0 Å². The summed E-state index contributed by atoms with van der Waals surface area (Å²) in [7, 11) is 0. The SMILES string of the molecule is CC(C)CC1NC(=O)C(Cc2ccccc2)NC(=O)[C@H](CCN)NC(=O)C(NC(=O)[C@H](CCN)NC(=O)[C@@H](N)[C@@H](C)O)CCNC(=O)[C@H]([C@@H](C)O)NC(=O)[C@H](CCN)NC(=O)C(CCN)NC1=O. The second-order valence-corrected chi connectivity index (χ2v) is 17.1. The Hall–Kier alpha value is -5.83. The summed E-state index contributed by atoms with van der Waals surface area (Å²) in [5, 5.41) is 43.4. The quantitative estimate of drug-likeness (QED) is 0.0650. The van der Waals surface area contributed by atoms with Gasteiger partial charge in [0.05, 0.1) is 12.2 Å². The van der Waals surface area contributed by atoms with Crippen LogP contribution in [-0.4, -0.2) is 163 Å². The molecule has 2 rings (SSSR count). The molecule has 4 unspecified atom stereocenters. The van der Waals surface area contributed by atoms with Crippen LogP contribution in [0.3, 0.4) is 0 Å². The van der Waals surface area contributed by atoms with Crippen LogP contribution in [-0.2, 0) is 49.6 Å². The third kappa shape index (κ3) is 19.4. The number of aliphatic hydroxyl groups excluding tert-OH is 2. The molecule has 0 saturated carbocycles. The summed E-state index contributed by atoms with van der Waals surface area (Å²) in [4.78, 5) is 124. The lowest BCUT2D eigenvalue weighted by atomic mass is 10.00. The van der Waals surface area contributed by atoms with Crippen LogP contribution in [0, 0.1) is 5.92 Å². The van der Waals surface area contributed by atoms with Crippen molar-refractivity contribution >= 4 is 53.2 Å². The molecule has 25 heteroatoms. The molecule has 1 aliphatic heterocycles. The highest BCUT2D eigenvalue weighted by molar-refractivity contribution is 5.98. The van der Waals surface area contributed by atoms with Gasteiger partial charge in [0, 0.05) is 13.0 Å². The summed E-state index contributed by atoms with van der Waals surface area (Å²) >= 11 is 0. The molecule has 1 fully saturated rings. The van der Waals surface area contributed by atoms with Crippen LogP contribution >= 0.6 is 0 Å². The summed E-state index contributed by atoms with van der Waals surface area (Å²) in [6, 6.07) is -4.14. The smallest absolute Gasteiger partial charge is 0.245 e. The Balaban J connectivity index is 2.74. The minimum absolute atomic E-state index is 0.0731. The van der Waals surface area contributed by atoms with Gasteiger partial charge in [-0.15, -0.1) is 0 Å². The lowest BCUT2D eigenvalue weighted by Gasteiger charge is -2.28. The van der Waals surface area contributed by atoms with Gasteiger partial charge in [-0.1, -0.05) is 44.2 Å². The van der Waals surface area contributed by atoms with Gasteiger partial charge in [0.1, 0.15) is 54.4 Å². The van der Waals surface area contributed by atoms with Gasteiger partial charge in [-0.25, -0.2) is 0 Å². The van der Waals surface area contributed by atoms with Gasteiger partial charge in [0.25, 0.3) is 0 Å². The molecule has 0 spiro atoms. The molecule has 382 valence electrons. The van der Waals surface area contributed by atoms with E-state index in [4.69, 9.17) is 28.7 Å². The normalized spacial score (nSPS) is 24.9. The number of amides is 9. The van der Waals surface area contributed by atoms with E-state index in [1.807, 2.05) is 0 Å². The summed E-state index contributed by atoms with van der Waals surface area (Å²) in [6.45, 7) is 5.20. The molecular formula is C43H74N14O11. The highest BCUT2D eigenvalue weighted by Gasteiger charge is 2.36. The molecule has 1 heterocycles. The zero-order valence-corrected chi connectivity index (χ0v) is 39.3. The topological polar surface area (TPSA) is 432 Å². The molecule has 0 aromatic heterocycles. The van der Waals surface area contributed by atoms with Gasteiger partial charge < -0.3 is 86.7 Å². The summed E-state index contributed by atoms with van der Waals surface area (Å²) in [5.41, 5.74) is 29.6. The van der Waals surface area contributed by atoms with Gasteiger partial charge in [-0.3, -0.25) is 43.2 Å². The maximum atomic E-state index is 14.2. The molecule has 1 aromatic rings. The monoisotopic (exact) mass is 963 g/mol. The van der Waals surface area contributed by atoms with Gasteiger partial charge in [0.15, 0.2) is 0 Å². The number of rotatable bonds is 18. The first-order chi connectivity index (χ1) is 32.2. The Morgan fingerprint density at radius 1 is 0.632 bits per heavy atom. The Morgan fingerprint density at radius 3 is 1.59 bits per heavy atom. The molecule has 11 atom stereocenters. The van der Waals surface area contributed by atoms with Crippen molar-refractivity contribution in [2.75, 3.05) is 32.7 Å². The van der Waals surface area contributed by atoms with Crippen molar-refractivity contribution in [1.29, 1.82) is 0 Å². The van der Waals surface area contributed by atoms with Crippen molar-refractivity contribution in [2.45, 2.75) is 139 Å². The minimum atomic E-state index is -1.63. The molecule has 0 bridgehead atoms. The van der Waals surface area contributed by atoms with Gasteiger partial charge in [-0.2, -0.15) is 0 Å². The maximum absolute atomic E-state index is 14.2. The summed E-state index contributed by atoms with van der Waals surface area (Å²) < 4.78 is 0. The van der Waals surface area contributed by atoms with Crippen molar-refractivity contribution in [3.05, 3.63) is 35.9 Å². The molecule has 0 radical (unpaired) electrons. The first-order valence-corrected chi connectivity index (χ1v) is 22.8. The van der Waals surface area contributed by atoms with E-state index < -0.39 is 126 Å². The van der Waals surface area contributed by atoms with Gasteiger partial charge >= 0.3 is 0 Å². The Bertz CT molecular complexity index is 1840. The van der Waals surface area contributed by atoms with E-state index in [0.717, 1.165) is 0 Å². The molecule has 68 heavy (non-hydrogen) atoms.